The van der Waals surface area contributed by atoms with Crippen LogP contribution in [0.3, 0.4) is 0 Å². The van der Waals surface area contributed by atoms with Gasteiger partial charge in [0.25, 0.3) is 0 Å². The summed E-state index contributed by atoms with van der Waals surface area (Å²) in [7, 11) is 0. The second-order valence-electron chi connectivity index (χ2n) is 4.67. The molecule has 1 atom stereocenters. The summed E-state index contributed by atoms with van der Waals surface area (Å²) >= 11 is 3.64. The largest absolute Gasteiger partial charge is 0.296 e. The quantitative estimate of drug-likeness (QED) is 0.695. The zero-order chi connectivity index (χ0) is 12.7. The molecule has 0 aromatic heterocycles. The lowest BCUT2D eigenvalue weighted by Gasteiger charge is -2.28. The molecule has 1 aromatic carbocycles. The van der Waals surface area contributed by atoms with Crippen molar-refractivity contribution in [3.63, 3.8) is 0 Å². The van der Waals surface area contributed by atoms with Crippen LogP contribution in [0.2, 0.25) is 0 Å². The molecular weight excluding hydrogens is 274 g/mol. The van der Waals surface area contributed by atoms with E-state index in [0.717, 1.165) is 6.54 Å². The molecule has 1 unspecified atom stereocenters. The maximum Gasteiger partial charge on any atom is 0.0247 e. The molecule has 0 saturated carbocycles. The minimum absolute atomic E-state index is 0.661. The highest BCUT2D eigenvalue weighted by Crippen LogP contribution is 2.19. The molecule has 0 aliphatic heterocycles. The van der Waals surface area contributed by atoms with Crippen LogP contribution < -0.4 is 0 Å². The second kappa shape index (κ2) is 7.88. The molecule has 96 valence electrons. The second-order valence-corrected chi connectivity index (χ2v) is 5.53. The van der Waals surface area contributed by atoms with Crippen molar-refractivity contribution in [1.82, 2.24) is 4.90 Å². The predicted molar refractivity (Wildman–Crippen MR) is 79.2 cm³/mol. The van der Waals surface area contributed by atoms with Crippen LogP contribution >= 0.6 is 15.9 Å². The number of hydrogen-bond acceptors (Lipinski definition) is 1. The van der Waals surface area contributed by atoms with Crippen molar-refractivity contribution in [2.75, 3.05) is 6.54 Å². The van der Waals surface area contributed by atoms with Gasteiger partial charge in [-0.2, -0.15) is 0 Å². The van der Waals surface area contributed by atoms with Crippen molar-refractivity contribution < 1.29 is 0 Å². The maximum absolute atomic E-state index is 3.64. The fourth-order valence-corrected chi connectivity index (χ4v) is 2.33. The summed E-state index contributed by atoms with van der Waals surface area (Å²) in [4.78, 5) is 2.59. The molecule has 0 aliphatic rings. The van der Waals surface area contributed by atoms with Gasteiger partial charge in [0.2, 0.25) is 0 Å². The Morgan fingerprint density at radius 3 is 2.53 bits per heavy atom. The van der Waals surface area contributed by atoms with Gasteiger partial charge in [-0.3, -0.25) is 4.90 Å². The Hall–Kier alpha value is -0.340. The summed E-state index contributed by atoms with van der Waals surface area (Å²) in [6.07, 6.45) is 3.77. The third-order valence-corrected chi connectivity index (χ3v) is 4.12. The highest BCUT2D eigenvalue weighted by molar-refractivity contribution is 9.10. The van der Waals surface area contributed by atoms with Gasteiger partial charge in [-0.1, -0.05) is 54.4 Å². The Kier molecular flexibility index (Phi) is 6.83. The number of rotatable bonds is 7. The smallest absolute Gasteiger partial charge is 0.0247 e. The topological polar surface area (TPSA) is 3.24 Å². The minimum Gasteiger partial charge on any atom is -0.296 e. The van der Waals surface area contributed by atoms with Gasteiger partial charge >= 0.3 is 0 Å². The Bertz CT molecular complexity index is 324. The third kappa shape index (κ3) is 4.81. The Morgan fingerprint density at radius 2 is 1.94 bits per heavy atom. The van der Waals surface area contributed by atoms with Crippen LogP contribution in [-0.4, -0.2) is 17.5 Å². The van der Waals surface area contributed by atoms with Crippen molar-refractivity contribution in [2.24, 2.45) is 0 Å². The minimum atomic E-state index is 0.661. The van der Waals surface area contributed by atoms with E-state index in [4.69, 9.17) is 0 Å². The molecule has 0 spiro atoms. The van der Waals surface area contributed by atoms with E-state index in [2.05, 4.69) is 65.9 Å². The van der Waals surface area contributed by atoms with E-state index in [-0.39, 0.29) is 0 Å². The molecule has 0 amide bonds. The molecule has 2 heteroatoms. The van der Waals surface area contributed by atoms with Gasteiger partial charge in [-0.25, -0.2) is 0 Å². The molecule has 1 rings (SSSR count). The molecule has 0 heterocycles. The first-order chi connectivity index (χ1) is 8.19. The zero-order valence-electron chi connectivity index (χ0n) is 11.2. The van der Waals surface area contributed by atoms with E-state index >= 15 is 0 Å². The predicted octanol–water partition coefficient (Wildman–Crippen LogP) is 4.85. The highest BCUT2D eigenvalue weighted by Gasteiger charge is 2.13. The van der Waals surface area contributed by atoms with Crippen molar-refractivity contribution in [3.8, 4) is 0 Å². The molecule has 17 heavy (non-hydrogen) atoms. The van der Waals surface area contributed by atoms with Gasteiger partial charge < -0.3 is 0 Å². The summed E-state index contributed by atoms with van der Waals surface area (Å²) in [5, 5.41) is 0. The Balaban J connectivity index is 2.68. The summed E-state index contributed by atoms with van der Waals surface area (Å²) in [5.74, 6) is 0. The van der Waals surface area contributed by atoms with E-state index in [0.29, 0.717) is 6.04 Å². The molecule has 0 saturated heterocycles. The number of unbranched alkanes of at least 4 members (excludes halogenated alkanes) is 1. The summed E-state index contributed by atoms with van der Waals surface area (Å²) in [5.41, 5.74) is 1.39. The SMILES string of the molecule is CCCCN(Cc1ccccc1Br)C(C)CC. The first kappa shape index (κ1) is 14.7. The van der Waals surface area contributed by atoms with Crippen LogP contribution in [0.1, 0.15) is 45.6 Å². The average Bonchev–Trinajstić information content (AvgIpc) is 2.35. The molecule has 0 fully saturated rings. The van der Waals surface area contributed by atoms with Gasteiger partial charge in [-0.15, -0.1) is 0 Å². The summed E-state index contributed by atoms with van der Waals surface area (Å²) < 4.78 is 1.23. The fraction of sp³-hybridized carbons (Fsp3) is 0.600. The van der Waals surface area contributed by atoms with E-state index in [1.54, 1.807) is 0 Å². The Morgan fingerprint density at radius 1 is 1.24 bits per heavy atom. The lowest BCUT2D eigenvalue weighted by molar-refractivity contribution is 0.192. The van der Waals surface area contributed by atoms with Crippen LogP contribution in [0.4, 0.5) is 0 Å². The first-order valence-electron chi connectivity index (χ1n) is 6.66. The lowest BCUT2D eigenvalue weighted by Crippen LogP contribution is -2.33. The molecule has 0 radical (unpaired) electrons. The zero-order valence-corrected chi connectivity index (χ0v) is 12.8. The van der Waals surface area contributed by atoms with E-state index in [1.165, 1.54) is 35.8 Å². The van der Waals surface area contributed by atoms with Crippen molar-refractivity contribution in [3.05, 3.63) is 34.3 Å². The third-order valence-electron chi connectivity index (χ3n) is 3.34. The van der Waals surface area contributed by atoms with Crippen LogP contribution in [0, 0.1) is 0 Å². The van der Waals surface area contributed by atoms with Crippen molar-refractivity contribution in [1.29, 1.82) is 0 Å². The first-order valence-corrected chi connectivity index (χ1v) is 7.45. The Labute approximate surface area is 114 Å². The molecule has 1 aromatic rings. The van der Waals surface area contributed by atoms with Crippen molar-refractivity contribution >= 4 is 15.9 Å². The fourth-order valence-electron chi connectivity index (χ4n) is 1.92. The number of hydrogen-bond donors (Lipinski definition) is 0. The van der Waals surface area contributed by atoms with Crippen LogP contribution in [0.5, 0.6) is 0 Å². The lowest BCUT2D eigenvalue weighted by atomic mass is 10.1. The van der Waals surface area contributed by atoms with Crippen LogP contribution in [-0.2, 0) is 6.54 Å². The number of nitrogens with zero attached hydrogens (tertiary/aromatic N) is 1. The van der Waals surface area contributed by atoms with Gasteiger partial charge in [0, 0.05) is 17.1 Å². The van der Waals surface area contributed by atoms with Gasteiger partial charge in [-0.05, 0) is 37.9 Å². The molecule has 0 bridgehead atoms. The monoisotopic (exact) mass is 297 g/mol. The normalized spacial score (nSPS) is 13.0. The summed E-state index contributed by atoms with van der Waals surface area (Å²) in [6, 6.07) is 9.20. The molecule has 0 aliphatic carbocycles. The van der Waals surface area contributed by atoms with Gasteiger partial charge in [0.05, 0.1) is 0 Å². The van der Waals surface area contributed by atoms with E-state index in [1.807, 2.05) is 0 Å². The number of benzene rings is 1. The van der Waals surface area contributed by atoms with Crippen LogP contribution in [0.15, 0.2) is 28.7 Å². The standard InChI is InChI=1S/C15H24BrN/c1-4-6-11-17(13(3)5-2)12-14-9-7-8-10-15(14)16/h7-10,13H,4-6,11-12H2,1-3H3. The van der Waals surface area contributed by atoms with Gasteiger partial charge in [0.1, 0.15) is 0 Å². The molecule has 0 N–H and O–H groups in total. The van der Waals surface area contributed by atoms with E-state index in [9.17, 15) is 0 Å². The van der Waals surface area contributed by atoms with Crippen LogP contribution in [0.25, 0.3) is 0 Å². The highest BCUT2D eigenvalue weighted by atomic mass is 79.9. The molecular formula is C15H24BrN. The van der Waals surface area contributed by atoms with Gasteiger partial charge in [0.15, 0.2) is 0 Å². The average molecular weight is 298 g/mol. The molecule has 1 nitrogen and oxygen atoms in total. The summed E-state index contributed by atoms with van der Waals surface area (Å²) in [6.45, 7) is 9.10. The number of halogens is 1. The maximum atomic E-state index is 3.64. The van der Waals surface area contributed by atoms with Crippen molar-refractivity contribution in [2.45, 2.75) is 52.6 Å². The van der Waals surface area contributed by atoms with E-state index < -0.39 is 0 Å².